The number of hydrogen-bond donors (Lipinski definition) is 0. The number of hydrogen-bond acceptors (Lipinski definition) is 0. The van der Waals surface area contributed by atoms with Crippen LogP contribution >= 0.6 is 0 Å². The summed E-state index contributed by atoms with van der Waals surface area (Å²) in [5.41, 5.74) is 3.37. The van der Waals surface area contributed by atoms with E-state index in [1.807, 2.05) is 0 Å². The topological polar surface area (TPSA) is 0 Å². The highest BCUT2D eigenvalue weighted by Crippen LogP contribution is 2.73. The Morgan fingerprint density at radius 2 is 1.67 bits per heavy atom. The van der Waals surface area contributed by atoms with E-state index in [-0.39, 0.29) is 0 Å². The molecule has 5 fully saturated rings. The van der Waals surface area contributed by atoms with E-state index in [0.717, 1.165) is 23.7 Å². The van der Waals surface area contributed by atoms with Crippen LogP contribution in [-0.4, -0.2) is 0 Å². The monoisotopic (exact) mass is 286 g/mol. The van der Waals surface area contributed by atoms with Gasteiger partial charge in [0, 0.05) is 0 Å². The molecule has 0 radical (unpaired) electrons. The summed E-state index contributed by atoms with van der Waals surface area (Å²) in [6.45, 7) is 14.9. The first-order valence-corrected chi connectivity index (χ1v) is 9.50. The van der Waals surface area contributed by atoms with Crippen molar-refractivity contribution in [3.8, 4) is 0 Å². The van der Waals surface area contributed by atoms with Gasteiger partial charge in [-0.25, -0.2) is 0 Å². The van der Waals surface area contributed by atoms with Crippen LogP contribution in [-0.2, 0) is 0 Å². The van der Waals surface area contributed by atoms with E-state index in [9.17, 15) is 0 Å². The Hall–Kier alpha value is -0.260. The molecule has 6 atom stereocenters. The second-order valence-electron chi connectivity index (χ2n) is 10.00. The first-order chi connectivity index (χ1) is 9.81. The highest BCUT2D eigenvalue weighted by atomic mass is 14.7. The lowest BCUT2D eigenvalue weighted by molar-refractivity contribution is -0.165. The first kappa shape index (κ1) is 14.3. The summed E-state index contributed by atoms with van der Waals surface area (Å²) < 4.78 is 0. The van der Waals surface area contributed by atoms with Crippen molar-refractivity contribution >= 4 is 0 Å². The smallest absolute Gasteiger partial charge is 0.00542 e. The fourth-order valence-electron chi connectivity index (χ4n) is 7.91. The van der Waals surface area contributed by atoms with Crippen LogP contribution in [0.3, 0.4) is 0 Å². The Balaban J connectivity index is 1.78. The third-order valence-electron chi connectivity index (χ3n) is 9.01. The van der Waals surface area contributed by atoms with Crippen LogP contribution in [0, 0.1) is 39.9 Å². The Kier molecular flexibility index (Phi) is 2.85. The SMILES string of the molecule is C=C1C(C)C2CCC13CCC1C(C)(C)CCCC1(C)C3C2. The molecular formula is C21H34. The standard InChI is InChI=1S/C21H34/c1-14-15(2)21-11-7-16(14)13-18(21)20(5)10-6-9-19(3,4)17(20)8-12-21/h14,16-18H,2,6-13H2,1,3-5H3. The molecule has 5 aliphatic carbocycles. The maximum absolute atomic E-state index is 4.66. The first-order valence-electron chi connectivity index (χ1n) is 9.50. The molecule has 5 saturated carbocycles. The molecule has 0 aromatic carbocycles. The van der Waals surface area contributed by atoms with Gasteiger partial charge in [-0.15, -0.1) is 0 Å². The highest BCUT2D eigenvalue weighted by molar-refractivity contribution is 5.27. The van der Waals surface area contributed by atoms with Crippen LogP contribution in [0.25, 0.3) is 0 Å². The van der Waals surface area contributed by atoms with Gasteiger partial charge in [-0.05, 0) is 84.9 Å². The summed E-state index contributed by atoms with van der Waals surface area (Å²) in [6.07, 6.45) is 11.8. The molecule has 0 heterocycles. The van der Waals surface area contributed by atoms with Crippen molar-refractivity contribution in [3.05, 3.63) is 12.2 Å². The molecule has 0 nitrogen and oxygen atoms in total. The molecule has 6 unspecified atom stereocenters. The molecule has 0 saturated heterocycles. The summed E-state index contributed by atoms with van der Waals surface area (Å²) in [5.74, 6) is 3.65. The van der Waals surface area contributed by atoms with Gasteiger partial charge in [-0.2, -0.15) is 0 Å². The summed E-state index contributed by atoms with van der Waals surface area (Å²) in [6, 6.07) is 0. The van der Waals surface area contributed by atoms with Gasteiger partial charge in [-0.3, -0.25) is 0 Å². The normalized spacial score (nSPS) is 55.0. The van der Waals surface area contributed by atoms with E-state index in [1.165, 1.54) is 51.4 Å². The van der Waals surface area contributed by atoms with E-state index >= 15 is 0 Å². The van der Waals surface area contributed by atoms with Crippen LogP contribution in [0.2, 0.25) is 0 Å². The minimum atomic E-state index is 0.535. The maximum Gasteiger partial charge on any atom is -0.00542 e. The van der Waals surface area contributed by atoms with Crippen LogP contribution in [0.15, 0.2) is 12.2 Å². The molecule has 21 heavy (non-hydrogen) atoms. The van der Waals surface area contributed by atoms with Gasteiger partial charge >= 0.3 is 0 Å². The van der Waals surface area contributed by atoms with Gasteiger partial charge in [0.15, 0.2) is 0 Å². The Morgan fingerprint density at radius 1 is 0.952 bits per heavy atom. The predicted octanol–water partition coefficient (Wildman–Crippen LogP) is 6.22. The van der Waals surface area contributed by atoms with E-state index in [2.05, 4.69) is 34.3 Å². The molecule has 0 aromatic rings. The largest absolute Gasteiger partial charge is 0.0990 e. The number of fused-ring (bicyclic) bond motifs is 3. The third kappa shape index (κ3) is 1.63. The van der Waals surface area contributed by atoms with Gasteiger partial charge in [0.05, 0.1) is 0 Å². The summed E-state index contributed by atoms with van der Waals surface area (Å²) in [5, 5.41) is 0. The van der Waals surface area contributed by atoms with E-state index in [1.54, 1.807) is 5.57 Å². The Bertz CT molecular complexity index is 472. The second-order valence-corrected chi connectivity index (χ2v) is 10.00. The van der Waals surface area contributed by atoms with Crippen LogP contribution < -0.4 is 0 Å². The van der Waals surface area contributed by atoms with Crippen molar-refractivity contribution in [2.24, 2.45) is 39.9 Å². The molecule has 1 spiro atoms. The molecule has 0 aliphatic heterocycles. The fraction of sp³-hybridized carbons (Fsp3) is 0.905. The molecule has 0 aromatic heterocycles. The molecule has 0 heteroatoms. The van der Waals surface area contributed by atoms with Crippen molar-refractivity contribution < 1.29 is 0 Å². The average Bonchev–Trinajstić information content (AvgIpc) is 2.43. The third-order valence-corrected chi connectivity index (χ3v) is 9.01. The zero-order valence-electron chi connectivity index (χ0n) is 14.7. The van der Waals surface area contributed by atoms with Crippen molar-refractivity contribution in [1.82, 2.24) is 0 Å². The highest BCUT2D eigenvalue weighted by Gasteiger charge is 2.64. The molecule has 2 bridgehead atoms. The minimum absolute atomic E-state index is 0.535. The Labute approximate surface area is 131 Å². The Morgan fingerprint density at radius 3 is 2.43 bits per heavy atom. The van der Waals surface area contributed by atoms with Crippen molar-refractivity contribution in [2.75, 3.05) is 0 Å². The molecule has 5 aliphatic rings. The molecule has 118 valence electrons. The lowest BCUT2D eigenvalue weighted by Crippen LogP contribution is -2.61. The van der Waals surface area contributed by atoms with Crippen LogP contribution in [0.4, 0.5) is 0 Å². The quantitative estimate of drug-likeness (QED) is 0.464. The zero-order chi connectivity index (χ0) is 15.0. The van der Waals surface area contributed by atoms with Crippen LogP contribution in [0.1, 0.15) is 79.1 Å². The van der Waals surface area contributed by atoms with Gasteiger partial charge in [-0.1, -0.05) is 46.3 Å². The minimum Gasteiger partial charge on any atom is -0.0990 e. The zero-order valence-corrected chi connectivity index (χ0v) is 14.7. The molecule has 0 amide bonds. The number of allylic oxidation sites excluding steroid dienone is 1. The van der Waals surface area contributed by atoms with E-state index in [4.69, 9.17) is 0 Å². The summed E-state index contributed by atoms with van der Waals surface area (Å²) >= 11 is 0. The van der Waals surface area contributed by atoms with Crippen molar-refractivity contribution in [1.29, 1.82) is 0 Å². The molecule has 5 rings (SSSR count). The van der Waals surface area contributed by atoms with E-state index < -0.39 is 0 Å². The predicted molar refractivity (Wildman–Crippen MR) is 90.0 cm³/mol. The van der Waals surface area contributed by atoms with Crippen molar-refractivity contribution in [3.63, 3.8) is 0 Å². The van der Waals surface area contributed by atoms with Gasteiger partial charge in [0.2, 0.25) is 0 Å². The van der Waals surface area contributed by atoms with Gasteiger partial charge in [0.1, 0.15) is 0 Å². The fourth-order valence-corrected chi connectivity index (χ4v) is 7.91. The van der Waals surface area contributed by atoms with E-state index in [0.29, 0.717) is 16.2 Å². The lowest BCUT2D eigenvalue weighted by atomic mass is 9.35. The maximum atomic E-state index is 4.66. The molecular weight excluding hydrogens is 252 g/mol. The molecule has 0 N–H and O–H groups in total. The van der Waals surface area contributed by atoms with Crippen LogP contribution in [0.5, 0.6) is 0 Å². The number of rotatable bonds is 0. The average molecular weight is 287 g/mol. The summed E-state index contributed by atoms with van der Waals surface area (Å²) in [4.78, 5) is 0. The summed E-state index contributed by atoms with van der Waals surface area (Å²) in [7, 11) is 0. The van der Waals surface area contributed by atoms with Gasteiger partial charge < -0.3 is 0 Å². The van der Waals surface area contributed by atoms with Crippen molar-refractivity contribution in [2.45, 2.75) is 79.1 Å². The lowest BCUT2D eigenvalue weighted by Gasteiger charge is -2.69. The van der Waals surface area contributed by atoms with Gasteiger partial charge in [0.25, 0.3) is 0 Å². The second kappa shape index (κ2) is 4.18.